The van der Waals surface area contributed by atoms with Gasteiger partial charge in [-0.05, 0) is 51.3 Å². The molecule has 108 valence electrons. The van der Waals surface area contributed by atoms with Crippen LogP contribution in [0.25, 0.3) is 0 Å². The van der Waals surface area contributed by atoms with Crippen LogP contribution in [0.1, 0.15) is 53.8 Å². The van der Waals surface area contributed by atoms with Gasteiger partial charge in [0.15, 0.2) is 0 Å². The molecule has 20 heavy (non-hydrogen) atoms. The first-order valence-electron chi connectivity index (χ1n) is 7.17. The van der Waals surface area contributed by atoms with Gasteiger partial charge in [0, 0.05) is 24.2 Å². The number of aliphatic hydroxyl groups excluding tert-OH is 1. The molecule has 2 rings (SSSR count). The van der Waals surface area contributed by atoms with Gasteiger partial charge in [-0.1, -0.05) is 17.7 Å². The van der Waals surface area contributed by atoms with Crippen LogP contribution in [-0.2, 0) is 6.42 Å². The number of nitrogens with zero attached hydrogens (tertiary/aromatic N) is 2. The van der Waals surface area contributed by atoms with Crippen molar-refractivity contribution >= 4 is 0 Å². The summed E-state index contributed by atoms with van der Waals surface area (Å²) < 4.78 is 1.88. The maximum absolute atomic E-state index is 10.4. The first-order valence-corrected chi connectivity index (χ1v) is 7.17. The van der Waals surface area contributed by atoms with Gasteiger partial charge in [-0.25, -0.2) is 0 Å². The molecule has 0 aliphatic carbocycles. The van der Waals surface area contributed by atoms with Crippen LogP contribution in [-0.4, -0.2) is 14.9 Å². The fourth-order valence-corrected chi connectivity index (χ4v) is 2.65. The van der Waals surface area contributed by atoms with Crippen molar-refractivity contribution in [2.45, 2.75) is 53.2 Å². The van der Waals surface area contributed by atoms with Crippen molar-refractivity contribution in [2.75, 3.05) is 0 Å². The Balaban J connectivity index is 2.21. The normalized spacial score (nSPS) is 12.9. The Kier molecular flexibility index (Phi) is 4.29. The highest BCUT2D eigenvalue weighted by molar-refractivity contribution is 5.38. The third kappa shape index (κ3) is 3.10. The summed E-state index contributed by atoms with van der Waals surface area (Å²) >= 11 is 0. The van der Waals surface area contributed by atoms with Crippen LogP contribution in [0.2, 0.25) is 0 Å². The zero-order chi connectivity index (χ0) is 14.9. The van der Waals surface area contributed by atoms with Crippen molar-refractivity contribution in [3.05, 3.63) is 52.3 Å². The Hall–Kier alpha value is -1.61. The molecule has 3 heteroatoms. The lowest BCUT2D eigenvalue weighted by Crippen LogP contribution is -2.05. The molecule has 2 aromatic rings. The van der Waals surface area contributed by atoms with Crippen molar-refractivity contribution in [3.63, 3.8) is 0 Å². The van der Waals surface area contributed by atoms with Crippen LogP contribution in [0.5, 0.6) is 0 Å². The molecule has 0 saturated heterocycles. The molecule has 0 aliphatic rings. The highest BCUT2D eigenvalue weighted by Gasteiger charge is 2.14. The van der Waals surface area contributed by atoms with Gasteiger partial charge in [-0.2, -0.15) is 5.10 Å². The van der Waals surface area contributed by atoms with Gasteiger partial charge < -0.3 is 5.11 Å². The monoisotopic (exact) mass is 272 g/mol. The maximum Gasteiger partial charge on any atom is 0.0861 e. The van der Waals surface area contributed by atoms with Gasteiger partial charge in [0.05, 0.1) is 12.3 Å². The summed E-state index contributed by atoms with van der Waals surface area (Å²) in [5.41, 5.74) is 5.89. The first-order chi connectivity index (χ1) is 9.38. The molecule has 1 unspecified atom stereocenters. The Bertz CT molecular complexity index is 576. The fourth-order valence-electron chi connectivity index (χ4n) is 2.65. The Labute approximate surface area is 121 Å². The van der Waals surface area contributed by atoms with E-state index in [4.69, 9.17) is 0 Å². The van der Waals surface area contributed by atoms with Crippen LogP contribution < -0.4 is 0 Å². The molecule has 0 amide bonds. The fraction of sp³-hybridized carbons (Fsp3) is 0.471. The predicted octanol–water partition coefficient (Wildman–Crippen LogP) is 3.67. The number of hydrogen-bond acceptors (Lipinski definition) is 2. The second-order valence-corrected chi connectivity index (χ2v) is 5.94. The smallest absolute Gasteiger partial charge is 0.0861 e. The Morgan fingerprint density at radius 1 is 1.15 bits per heavy atom. The van der Waals surface area contributed by atoms with E-state index in [0.29, 0.717) is 12.5 Å². The molecule has 0 aliphatic heterocycles. The van der Waals surface area contributed by atoms with Crippen molar-refractivity contribution in [1.29, 1.82) is 0 Å². The maximum atomic E-state index is 10.4. The summed E-state index contributed by atoms with van der Waals surface area (Å²) in [5, 5.41) is 14.7. The third-order valence-corrected chi connectivity index (χ3v) is 3.77. The molecule has 0 fully saturated rings. The summed E-state index contributed by atoms with van der Waals surface area (Å²) in [7, 11) is 0. The topological polar surface area (TPSA) is 38.1 Å². The van der Waals surface area contributed by atoms with E-state index in [0.717, 1.165) is 5.56 Å². The molecule has 0 radical (unpaired) electrons. The van der Waals surface area contributed by atoms with E-state index in [1.165, 1.54) is 22.3 Å². The third-order valence-electron chi connectivity index (χ3n) is 3.77. The summed E-state index contributed by atoms with van der Waals surface area (Å²) in [6.45, 7) is 10.5. The highest BCUT2D eigenvalue weighted by atomic mass is 16.3. The lowest BCUT2D eigenvalue weighted by Gasteiger charge is -2.15. The minimum atomic E-state index is -0.498. The van der Waals surface area contributed by atoms with E-state index >= 15 is 0 Å². The Morgan fingerprint density at radius 2 is 1.75 bits per heavy atom. The number of aromatic nitrogens is 2. The van der Waals surface area contributed by atoms with Crippen molar-refractivity contribution in [2.24, 2.45) is 0 Å². The largest absolute Gasteiger partial charge is 0.388 e. The minimum absolute atomic E-state index is 0.318. The van der Waals surface area contributed by atoms with Crippen LogP contribution in [0.4, 0.5) is 0 Å². The average Bonchev–Trinajstić information content (AvgIpc) is 2.83. The predicted molar refractivity (Wildman–Crippen MR) is 81.9 cm³/mol. The Morgan fingerprint density at radius 3 is 2.25 bits per heavy atom. The minimum Gasteiger partial charge on any atom is -0.388 e. The van der Waals surface area contributed by atoms with Crippen molar-refractivity contribution in [3.8, 4) is 0 Å². The van der Waals surface area contributed by atoms with Crippen LogP contribution >= 0.6 is 0 Å². The SMILES string of the molecule is Cc1cc(C)c(CC(O)c2cnn(C(C)C)c2)c(C)c1. The molecular formula is C17H24N2O. The van der Waals surface area contributed by atoms with E-state index in [2.05, 4.69) is 51.9 Å². The summed E-state index contributed by atoms with van der Waals surface area (Å²) in [6.07, 6.45) is 3.85. The van der Waals surface area contributed by atoms with Crippen molar-refractivity contribution < 1.29 is 5.11 Å². The standard InChI is InChI=1S/C17H24N2O/c1-11(2)19-10-15(9-18-19)17(20)8-16-13(4)6-12(3)7-14(16)5/h6-7,9-11,17,20H,8H2,1-5H3. The van der Waals surface area contributed by atoms with E-state index in [-0.39, 0.29) is 0 Å². The lowest BCUT2D eigenvalue weighted by molar-refractivity contribution is 0.178. The van der Waals surface area contributed by atoms with Gasteiger partial charge in [0.25, 0.3) is 0 Å². The van der Waals surface area contributed by atoms with Crippen LogP contribution in [0.3, 0.4) is 0 Å². The number of benzene rings is 1. The second kappa shape index (κ2) is 5.80. The zero-order valence-electron chi connectivity index (χ0n) is 13.0. The van der Waals surface area contributed by atoms with Gasteiger partial charge >= 0.3 is 0 Å². The number of hydrogen-bond donors (Lipinski definition) is 1. The molecule has 0 saturated carbocycles. The second-order valence-electron chi connectivity index (χ2n) is 5.94. The summed E-state index contributed by atoms with van der Waals surface area (Å²) in [5.74, 6) is 0. The van der Waals surface area contributed by atoms with Crippen molar-refractivity contribution in [1.82, 2.24) is 9.78 Å². The van der Waals surface area contributed by atoms with E-state index in [9.17, 15) is 5.11 Å². The molecule has 1 N–H and O–H groups in total. The lowest BCUT2D eigenvalue weighted by atomic mass is 9.94. The van der Waals surface area contributed by atoms with Gasteiger partial charge in [-0.15, -0.1) is 0 Å². The quantitative estimate of drug-likeness (QED) is 0.922. The van der Waals surface area contributed by atoms with E-state index in [1.54, 1.807) is 6.20 Å². The van der Waals surface area contributed by atoms with Crippen LogP contribution in [0.15, 0.2) is 24.5 Å². The molecule has 1 heterocycles. The average molecular weight is 272 g/mol. The molecular weight excluding hydrogens is 248 g/mol. The molecule has 1 aromatic heterocycles. The first kappa shape index (κ1) is 14.8. The molecule has 0 bridgehead atoms. The molecule has 0 spiro atoms. The zero-order valence-corrected chi connectivity index (χ0v) is 13.0. The van der Waals surface area contributed by atoms with Gasteiger partial charge in [0.1, 0.15) is 0 Å². The summed E-state index contributed by atoms with van der Waals surface area (Å²) in [4.78, 5) is 0. The van der Waals surface area contributed by atoms with Gasteiger partial charge in [0.2, 0.25) is 0 Å². The molecule has 3 nitrogen and oxygen atoms in total. The van der Waals surface area contributed by atoms with Gasteiger partial charge in [-0.3, -0.25) is 4.68 Å². The molecule has 1 aromatic carbocycles. The highest BCUT2D eigenvalue weighted by Crippen LogP contribution is 2.24. The number of aryl methyl sites for hydroxylation is 3. The number of aliphatic hydroxyl groups is 1. The van der Waals surface area contributed by atoms with E-state index < -0.39 is 6.10 Å². The summed E-state index contributed by atoms with van der Waals surface area (Å²) in [6, 6.07) is 4.66. The number of rotatable bonds is 4. The van der Waals surface area contributed by atoms with E-state index in [1.807, 2.05) is 10.9 Å². The molecule has 1 atom stereocenters. The van der Waals surface area contributed by atoms with Crippen LogP contribution in [0, 0.1) is 20.8 Å².